The van der Waals surface area contributed by atoms with E-state index in [9.17, 15) is 9.59 Å². The van der Waals surface area contributed by atoms with Gasteiger partial charge in [-0.3, -0.25) is 4.79 Å². The Balaban J connectivity index is 2.12. The maximum Gasteiger partial charge on any atom is 0.341 e. The number of hydrogen-bond acceptors (Lipinski definition) is 4. The summed E-state index contributed by atoms with van der Waals surface area (Å²) in [5.41, 5.74) is 1.10. The average molecular weight is 363 g/mol. The Morgan fingerprint density at radius 1 is 1.23 bits per heavy atom. The molecule has 22 heavy (non-hydrogen) atoms. The van der Waals surface area contributed by atoms with Gasteiger partial charge in [-0.25, -0.2) is 9.78 Å². The summed E-state index contributed by atoms with van der Waals surface area (Å²) in [6.07, 6.45) is 1.69. The lowest BCUT2D eigenvalue weighted by Crippen LogP contribution is -2.18. The molecule has 1 N–H and O–H groups in total. The zero-order valence-electron chi connectivity index (χ0n) is 12.0. The number of aromatic nitrogens is 1. The Morgan fingerprint density at radius 3 is 2.73 bits per heavy atom. The van der Waals surface area contributed by atoms with E-state index in [0.717, 1.165) is 10.0 Å². The van der Waals surface area contributed by atoms with E-state index in [2.05, 4.69) is 26.2 Å². The summed E-state index contributed by atoms with van der Waals surface area (Å²) in [5.74, 6) is -0.555. The van der Waals surface area contributed by atoms with Crippen LogP contribution in [0, 0.1) is 0 Å². The predicted molar refractivity (Wildman–Crippen MR) is 86.7 cm³/mol. The number of halogens is 1. The van der Waals surface area contributed by atoms with Crippen LogP contribution in [0.4, 0.5) is 5.82 Å². The highest BCUT2D eigenvalue weighted by Crippen LogP contribution is 2.18. The van der Waals surface area contributed by atoms with E-state index < -0.39 is 5.97 Å². The third-order valence-electron chi connectivity index (χ3n) is 2.87. The van der Waals surface area contributed by atoms with Crippen molar-refractivity contribution >= 4 is 33.6 Å². The predicted octanol–water partition coefficient (Wildman–Crippen LogP) is 3.20. The van der Waals surface area contributed by atoms with Crippen LogP contribution in [0.25, 0.3) is 0 Å². The first-order valence-corrected chi connectivity index (χ1v) is 7.56. The molecule has 0 aliphatic heterocycles. The van der Waals surface area contributed by atoms with Gasteiger partial charge in [-0.15, -0.1) is 0 Å². The van der Waals surface area contributed by atoms with Crippen molar-refractivity contribution in [3.63, 3.8) is 0 Å². The number of carbonyl (C=O) groups excluding carboxylic acids is 2. The lowest BCUT2D eigenvalue weighted by atomic mass is 10.1. The lowest BCUT2D eigenvalue weighted by Gasteiger charge is -2.09. The summed E-state index contributed by atoms with van der Waals surface area (Å²) < 4.78 is 5.81. The second-order valence-corrected chi connectivity index (χ2v) is 5.29. The molecule has 2 rings (SSSR count). The third kappa shape index (κ3) is 4.14. The molecule has 1 heterocycles. The largest absolute Gasteiger partial charge is 0.462 e. The average Bonchev–Trinajstić information content (AvgIpc) is 2.50. The Morgan fingerprint density at radius 2 is 2.00 bits per heavy atom. The molecule has 0 bridgehead atoms. The van der Waals surface area contributed by atoms with Gasteiger partial charge in [-0.1, -0.05) is 34.1 Å². The van der Waals surface area contributed by atoms with Crippen molar-refractivity contribution in [2.45, 2.75) is 13.3 Å². The van der Waals surface area contributed by atoms with Crippen molar-refractivity contribution in [3.05, 3.63) is 58.2 Å². The van der Waals surface area contributed by atoms with Crippen LogP contribution in [0.3, 0.4) is 0 Å². The van der Waals surface area contributed by atoms with E-state index in [1.54, 1.807) is 19.1 Å². The van der Waals surface area contributed by atoms with Gasteiger partial charge in [0, 0.05) is 10.7 Å². The van der Waals surface area contributed by atoms with Crippen molar-refractivity contribution in [1.29, 1.82) is 0 Å². The number of amides is 1. The van der Waals surface area contributed by atoms with Crippen LogP contribution in [0.2, 0.25) is 0 Å². The molecule has 0 aliphatic rings. The molecule has 0 unspecified atom stereocenters. The Kier molecular flexibility index (Phi) is 5.66. The second kappa shape index (κ2) is 7.70. The minimum Gasteiger partial charge on any atom is -0.462 e. The van der Waals surface area contributed by atoms with Crippen molar-refractivity contribution in [1.82, 2.24) is 4.98 Å². The molecule has 1 amide bonds. The lowest BCUT2D eigenvalue weighted by molar-refractivity contribution is -0.115. The SMILES string of the molecule is CCOC(=O)c1cccnc1NC(=O)Cc1ccccc1Br. The Bertz CT molecular complexity index is 689. The van der Waals surface area contributed by atoms with E-state index in [4.69, 9.17) is 4.74 Å². The second-order valence-electron chi connectivity index (χ2n) is 4.44. The minimum absolute atomic E-state index is 0.181. The number of anilines is 1. The van der Waals surface area contributed by atoms with Gasteiger partial charge in [0.2, 0.25) is 5.91 Å². The van der Waals surface area contributed by atoms with Gasteiger partial charge in [0.25, 0.3) is 0 Å². The van der Waals surface area contributed by atoms with Gasteiger partial charge in [0.1, 0.15) is 11.4 Å². The van der Waals surface area contributed by atoms with Crippen molar-refractivity contribution in [2.24, 2.45) is 0 Å². The summed E-state index contributed by atoms with van der Waals surface area (Å²) in [5, 5.41) is 2.65. The number of hydrogen-bond donors (Lipinski definition) is 1. The number of carbonyl (C=O) groups is 2. The molecule has 0 saturated heterocycles. The fraction of sp³-hybridized carbons (Fsp3) is 0.188. The zero-order valence-corrected chi connectivity index (χ0v) is 13.6. The number of ether oxygens (including phenoxy) is 1. The zero-order chi connectivity index (χ0) is 15.9. The van der Waals surface area contributed by atoms with Gasteiger partial charge < -0.3 is 10.1 Å². The maximum absolute atomic E-state index is 12.1. The van der Waals surface area contributed by atoms with E-state index in [-0.39, 0.29) is 30.3 Å². The number of pyridine rings is 1. The molecule has 1 aromatic carbocycles. The smallest absolute Gasteiger partial charge is 0.341 e. The van der Waals surface area contributed by atoms with E-state index in [1.807, 2.05) is 24.3 Å². The normalized spacial score (nSPS) is 10.1. The Hall–Kier alpha value is -2.21. The van der Waals surface area contributed by atoms with Crippen LogP contribution >= 0.6 is 15.9 Å². The number of nitrogens with one attached hydrogen (secondary N) is 1. The van der Waals surface area contributed by atoms with E-state index in [0.29, 0.717) is 0 Å². The van der Waals surface area contributed by atoms with Crippen LogP contribution in [0.1, 0.15) is 22.8 Å². The maximum atomic E-state index is 12.1. The first-order chi connectivity index (χ1) is 10.6. The van der Waals surface area contributed by atoms with Crippen LogP contribution in [-0.4, -0.2) is 23.5 Å². The van der Waals surface area contributed by atoms with Gasteiger partial charge >= 0.3 is 5.97 Å². The fourth-order valence-corrected chi connectivity index (χ4v) is 2.29. The monoisotopic (exact) mass is 362 g/mol. The highest BCUT2D eigenvalue weighted by molar-refractivity contribution is 9.10. The highest BCUT2D eigenvalue weighted by atomic mass is 79.9. The standard InChI is InChI=1S/C16H15BrN2O3/c1-2-22-16(21)12-7-5-9-18-15(12)19-14(20)10-11-6-3-4-8-13(11)17/h3-9H,2,10H2,1H3,(H,18,19,20). The van der Waals surface area contributed by atoms with Gasteiger partial charge in [0.05, 0.1) is 13.0 Å². The summed E-state index contributed by atoms with van der Waals surface area (Å²) in [4.78, 5) is 28.0. The molecular formula is C16H15BrN2O3. The highest BCUT2D eigenvalue weighted by Gasteiger charge is 2.15. The molecule has 6 heteroatoms. The molecule has 0 atom stereocenters. The molecule has 0 fully saturated rings. The van der Waals surface area contributed by atoms with E-state index in [1.165, 1.54) is 6.20 Å². The van der Waals surface area contributed by atoms with Crippen LogP contribution < -0.4 is 5.32 Å². The van der Waals surface area contributed by atoms with Crippen molar-refractivity contribution in [3.8, 4) is 0 Å². The topological polar surface area (TPSA) is 68.3 Å². The first kappa shape index (κ1) is 16.2. The summed E-state index contributed by atoms with van der Waals surface area (Å²) in [6.45, 7) is 1.98. The summed E-state index contributed by atoms with van der Waals surface area (Å²) in [7, 11) is 0. The molecule has 1 aromatic heterocycles. The molecule has 0 saturated carbocycles. The summed E-state index contributed by atoms with van der Waals surface area (Å²) >= 11 is 3.40. The molecule has 114 valence electrons. The van der Waals surface area contributed by atoms with E-state index >= 15 is 0 Å². The van der Waals surface area contributed by atoms with Crippen molar-refractivity contribution in [2.75, 3.05) is 11.9 Å². The van der Waals surface area contributed by atoms with Crippen LogP contribution in [-0.2, 0) is 16.0 Å². The number of esters is 1. The van der Waals surface area contributed by atoms with Crippen LogP contribution in [0.5, 0.6) is 0 Å². The first-order valence-electron chi connectivity index (χ1n) is 6.77. The van der Waals surface area contributed by atoms with Crippen LogP contribution in [0.15, 0.2) is 47.1 Å². The molecular weight excluding hydrogens is 348 g/mol. The number of rotatable bonds is 5. The quantitative estimate of drug-likeness (QED) is 0.829. The van der Waals surface area contributed by atoms with Crippen molar-refractivity contribution < 1.29 is 14.3 Å². The minimum atomic E-state index is -0.508. The summed E-state index contributed by atoms with van der Waals surface area (Å²) in [6, 6.07) is 10.7. The third-order valence-corrected chi connectivity index (χ3v) is 3.64. The molecule has 0 spiro atoms. The van der Waals surface area contributed by atoms with Gasteiger partial charge in [0.15, 0.2) is 0 Å². The fourth-order valence-electron chi connectivity index (χ4n) is 1.87. The molecule has 5 nitrogen and oxygen atoms in total. The van der Waals surface area contributed by atoms with Gasteiger partial charge in [-0.05, 0) is 30.7 Å². The molecule has 0 radical (unpaired) electrons. The molecule has 2 aromatic rings. The number of benzene rings is 1. The number of nitrogens with zero attached hydrogens (tertiary/aromatic N) is 1. The Labute approximate surface area is 136 Å². The molecule has 0 aliphatic carbocycles. The van der Waals surface area contributed by atoms with Gasteiger partial charge in [-0.2, -0.15) is 0 Å².